The molecule has 94 valence electrons. The number of nitrogens with two attached hydrogens (primary N) is 1. The quantitative estimate of drug-likeness (QED) is 0.625. The highest BCUT2D eigenvalue weighted by Gasteiger charge is 2.50. The summed E-state index contributed by atoms with van der Waals surface area (Å²) < 4.78 is 18.5. The predicted molar refractivity (Wildman–Crippen MR) is 64.9 cm³/mol. The monoisotopic (exact) mass is 238 g/mol. The van der Waals surface area contributed by atoms with Crippen LogP contribution >= 0.6 is 0 Å². The number of hydrogen-bond acceptors (Lipinski definition) is 3. The normalized spacial score (nSPS) is 23.2. The van der Waals surface area contributed by atoms with Crippen molar-refractivity contribution < 1.29 is 9.13 Å². The number of hydrogen-bond donors (Lipinski definition) is 2. The van der Waals surface area contributed by atoms with Gasteiger partial charge in [0.05, 0.1) is 7.11 Å². The van der Waals surface area contributed by atoms with Crippen LogP contribution in [-0.4, -0.2) is 7.11 Å². The maximum Gasteiger partial charge on any atom is 0.165 e. The third-order valence-corrected chi connectivity index (χ3v) is 3.71. The van der Waals surface area contributed by atoms with Gasteiger partial charge in [-0.1, -0.05) is 19.9 Å². The maximum atomic E-state index is 13.6. The molecule has 0 heterocycles. The Balaban J connectivity index is 2.23. The van der Waals surface area contributed by atoms with Crippen molar-refractivity contribution in [1.29, 1.82) is 0 Å². The van der Waals surface area contributed by atoms with Gasteiger partial charge in [0.1, 0.15) is 0 Å². The molecule has 2 rings (SSSR count). The van der Waals surface area contributed by atoms with Crippen molar-refractivity contribution in [2.45, 2.75) is 26.3 Å². The molecule has 1 aromatic rings. The van der Waals surface area contributed by atoms with Gasteiger partial charge in [-0.25, -0.2) is 4.39 Å². The Kier molecular flexibility index (Phi) is 3.10. The highest BCUT2D eigenvalue weighted by atomic mass is 19.1. The lowest BCUT2D eigenvalue weighted by molar-refractivity contribution is 0.382. The molecule has 0 bridgehead atoms. The van der Waals surface area contributed by atoms with Crippen LogP contribution in [-0.2, 0) is 0 Å². The molecule has 0 aromatic heterocycles. The van der Waals surface area contributed by atoms with E-state index in [4.69, 9.17) is 10.6 Å². The second-order valence-electron chi connectivity index (χ2n) is 5.34. The van der Waals surface area contributed by atoms with Crippen LogP contribution in [0.4, 0.5) is 4.39 Å². The van der Waals surface area contributed by atoms with E-state index in [0.29, 0.717) is 5.92 Å². The number of nitrogens with one attached hydrogen (secondary N) is 1. The minimum atomic E-state index is -0.344. The molecule has 3 nitrogen and oxygen atoms in total. The van der Waals surface area contributed by atoms with E-state index < -0.39 is 0 Å². The molecule has 1 aromatic carbocycles. The summed E-state index contributed by atoms with van der Waals surface area (Å²) in [4.78, 5) is 0. The van der Waals surface area contributed by atoms with E-state index >= 15 is 0 Å². The van der Waals surface area contributed by atoms with Crippen molar-refractivity contribution in [2.24, 2.45) is 17.2 Å². The van der Waals surface area contributed by atoms with Gasteiger partial charge in [-0.15, -0.1) is 0 Å². The summed E-state index contributed by atoms with van der Waals surface area (Å²) in [6.07, 6.45) is 1.11. The summed E-state index contributed by atoms with van der Waals surface area (Å²) in [7, 11) is 1.46. The molecule has 2 atom stereocenters. The maximum absolute atomic E-state index is 13.6. The van der Waals surface area contributed by atoms with Crippen LogP contribution in [0.15, 0.2) is 18.2 Å². The lowest BCUT2D eigenvalue weighted by Gasteiger charge is -2.18. The number of methoxy groups -OCH3 is 1. The fraction of sp³-hybridized carbons (Fsp3) is 0.538. The number of hydrazine groups is 1. The molecule has 4 heteroatoms. The second-order valence-corrected chi connectivity index (χ2v) is 5.34. The highest BCUT2D eigenvalue weighted by Crippen LogP contribution is 2.57. The zero-order valence-corrected chi connectivity index (χ0v) is 10.5. The smallest absolute Gasteiger partial charge is 0.165 e. The predicted octanol–water partition coefficient (Wildman–Crippen LogP) is 2.38. The number of halogens is 1. The van der Waals surface area contributed by atoms with Crippen LogP contribution in [0.25, 0.3) is 0 Å². The van der Waals surface area contributed by atoms with Gasteiger partial charge >= 0.3 is 0 Å². The lowest BCUT2D eigenvalue weighted by Crippen LogP contribution is -2.30. The SMILES string of the molecule is COc1ccc(C(NN)C2CC2(C)C)cc1F. The van der Waals surface area contributed by atoms with Gasteiger partial charge in [0.15, 0.2) is 11.6 Å². The molecular formula is C13H19FN2O. The first kappa shape index (κ1) is 12.3. The van der Waals surface area contributed by atoms with E-state index in [1.54, 1.807) is 6.07 Å². The number of ether oxygens (including phenoxy) is 1. The van der Waals surface area contributed by atoms with Crippen LogP contribution in [0.1, 0.15) is 31.9 Å². The lowest BCUT2D eigenvalue weighted by atomic mass is 9.97. The first-order valence-electron chi connectivity index (χ1n) is 5.79. The van der Waals surface area contributed by atoms with Gasteiger partial charge in [0.2, 0.25) is 0 Å². The van der Waals surface area contributed by atoms with Crippen molar-refractivity contribution in [2.75, 3.05) is 7.11 Å². The number of rotatable bonds is 4. The Bertz CT molecular complexity index is 420. The molecule has 2 unspecified atom stereocenters. The first-order chi connectivity index (χ1) is 7.99. The van der Waals surface area contributed by atoms with E-state index in [2.05, 4.69) is 19.3 Å². The van der Waals surface area contributed by atoms with Crippen LogP contribution in [0.3, 0.4) is 0 Å². The van der Waals surface area contributed by atoms with Gasteiger partial charge in [-0.2, -0.15) is 0 Å². The zero-order chi connectivity index (χ0) is 12.6. The van der Waals surface area contributed by atoms with E-state index in [1.807, 2.05) is 6.07 Å². The Hall–Kier alpha value is -1.13. The van der Waals surface area contributed by atoms with Crippen LogP contribution in [0, 0.1) is 17.2 Å². The van der Waals surface area contributed by atoms with Crippen molar-refractivity contribution in [3.05, 3.63) is 29.6 Å². The van der Waals surface area contributed by atoms with E-state index in [1.165, 1.54) is 13.2 Å². The molecule has 0 radical (unpaired) electrons. The molecule has 0 saturated heterocycles. The third-order valence-electron chi connectivity index (χ3n) is 3.71. The molecule has 1 aliphatic rings. The molecular weight excluding hydrogens is 219 g/mol. The summed E-state index contributed by atoms with van der Waals surface area (Å²) in [6, 6.07) is 5.01. The third kappa shape index (κ3) is 2.28. The van der Waals surface area contributed by atoms with Crippen LogP contribution < -0.4 is 16.0 Å². The Morgan fingerprint density at radius 2 is 2.18 bits per heavy atom. The van der Waals surface area contributed by atoms with Crippen LogP contribution in [0.5, 0.6) is 5.75 Å². The molecule has 17 heavy (non-hydrogen) atoms. The summed E-state index contributed by atoms with van der Waals surface area (Å²) in [5.41, 5.74) is 3.95. The molecule has 1 fully saturated rings. The highest BCUT2D eigenvalue weighted by molar-refractivity contribution is 5.32. The standard InChI is InChI=1S/C13H19FN2O/c1-13(2)7-9(13)12(16-15)8-4-5-11(17-3)10(14)6-8/h4-6,9,12,16H,7,15H2,1-3H3. The molecule has 0 amide bonds. The average molecular weight is 238 g/mol. The molecule has 3 N–H and O–H groups in total. The topological polar surface area (TPSA) is 47.3 Å². The van der Waals surface area contributed by atoms with Crippen molar-refractivity contribution in [1.82, 2.24) is 5.43 Å². The van der Waals surface area contributed by atoms with E-state index in [0.717, 1.165) is 12.0 Å². The minimum Gasteiger partial charge on any atom is -0.494 e. The molecule has 0 spiro atoms. The van der Waals surface area contributed by atoms with Crippen molar-refractivity contribution in [3.63, 3.8) is 0 Å². The van der Waals surface area contributed by atoms with E-state index in [-0.39, 0.29) is 23.0 Å². The second kappa shape index (κ2) is 4.27. The Morgan fingerprint density at radius 1 is 1.53 bits per heavy atom. The Labute approximate surface area is 101 Å². The summed E-state index contributed by atoms with van der Waals surface area (Å²) >= 11 is 0. The van der Waals surface area contributed by atoms with Gasteiger partial charge in [0, 0.05) is 6.04 Å². The van der Waals surface area contributed by atoms with Gasteiger partial charge < -0.3 is 4.74 Å². The zero-order valence-electron chi connectivity index (χ0n) is 10.5. The summed E-state index contributed by atoms with van der Waals surface area (Å²) in [6.45, 7) is 4.39. The fourth-order valence-corrected chi connectivity index (χ4v) is 2.40. The summed E-state index contributed by atoms with van der Waals surface area (Å²) in [5, 5.41) is 0. The van der Waals surface area contributed by atoms with Crippen molar-refractivity contribution >= 4 is 0 Å². The summed E-state index contributed by atoms with van der Waals surface area (Å²) in [5.74, 6) is 5.96. The largest absolute Gasteiger partial charge is 0.494 e. The number of benzene rings is 1. The first-order valence-corrected chi connectivity index (χ1v) is 5.79. The average Bonchev–Trinajstić information content (AvgIpc) is 2.89. The van der Waals surface area contributed by atoms with Gasteiger partial charge in [-0.05, 0) is 35.4 Å². The fourth-order valence-electron chi connectivity index (χ4n) is 2.40. The van der Waals surface area contributed by atoms with E-state index in [9.17, 15) is 4.39 Å². The Morgan fingerprint density at radius 3 is 2.59 bits per heavy atom. The van der Waals surface area contributed by atoms with Crippen molar-refractivity contribution in [3.8, 4) is 5.75 Å². The van der Waals surface area contributed by atoms with Gasteiger partial charge in [0.25, 0.3) is 0 Å². The molecule has 0 aliphatic heterocycles. The molecule has 1 saturated carbocycles. The molecule has 1 aliphatic carbocycles. The van der Waals surface area contributed by atoms with Crippen LogP contribution in [0.2, 0.25) is 0 Å². The minimum absolute atomic E-state index is 0.00501. The van der Waals surface area contributed by atoms with Gasteiger partial charge in [-0.3, -0.25) is 11.3 Å².